The Balaban J connectivity index is 1.97. The fourth-order valence-corrected chi connectivity index (χ4v) is 1.51. The molecular formula is C13H14N2O3. The number of aldehydes is 1. The third-order valence-electron chi connectivity index (χ3n) is 3.07. The molecule has 1 aromatic rings. The van der Waals surface area contributed by atoms with Crippen molar-refractivity contribution in [3.05, 3.63) is 24.3 Å². The highest BCUT2D eigenvalue weighted by Gasteiger charge is 2.44. The molecule has 94 valence electrons. The summed E-state index contributed by atoms with van der Waals surface area (Å²) >= 11 is 0. The topological polar surface area (TPSA) is 75.3 Å². The Morgan fingerprint density at radius 2 is 1.61 bits per heavy atom. The van der Waals surface area contributed by atoms with Crippen LogP contribution in [0.1, 0.15) is 19.8 Å². The molecule has 0 unspecified atom stereocenters. The van der Waals surface area contributed by atoms with Gasteiger partial charge in [-0.15, -0.1) is 0 Å². The van der Waals surface area contributed by atoms with Gasteiger partial charge in [-0.1, -0.05) is 6.92 Å². The Kier molecular flexibility index (Phi) is 3.14. The fraction of sp³-hybridized carbons (Fsp3) is 0.308. The Hall–Kier alpha value is -2.17. The molecule has 1 saturated carbocycles. The van der Waals surface area contributed by atoms with Crippen LogP contribution in [0.2, 0.25) is 0 Å². The molecule has 0 spiro atoms. The van der Waals surface area contributed by atoms with Gasteiger partial charge in [-0.05, 0) is 37.1 Å². The average Bonchev–Trinajstić information content (AvgIpc) is 3.11. The molecule has 0 aromatic heterocycles. The van der Waals surface area contributed by atoms with Gasteiger partial charge >= 0.3 is 0 Å². The van der Waals surface area contributed by atoms with Gasteiger partial charge < -0.3 is 10.6 Å². The van der Waals surface area contributed by atoms with Crippen molar-refractivity contribution in [3.63, 3.8) is 0 Å². The second-order valence-electron chi connectivity index (χ2n) is 4.70. The number of anilines is 2. The number of carbonyl (C=O) groups excluding carboxylic acids is 3. The lowest BCUT2D eigenvalue weighted by Crippen LogP contribution is -2.21. The number of benzene rings is 1. The van der Waals surface area contributed by atoms with Crippen LogP contribution in [-0.4, -0.2) is 18.1 Å². The van der Waals surface area contributed by atoms with E-state index in [4.69, 9.17) is 0 Å². The first-order valence-corrected chi connectivity index (χ1v) is 5.71. The van der Waals surface area contributed by atoms with Crippen molar-refractivity contribution < 1.29 is 14.4 Å². The van der Waals surface area contributed by atoms with Crippen LogP contribution in [0.3, 0.4) is 0 Å². The van der Waals surface area contributed by atoms with Crippen LogP contribution >= 0.6 is 0 Å². The molecule has 0 atom stereocenters. The number of carbonyl (C=O) groups is 3. The molecule has 1 aromatic carbocycles. The molecule has 0 heterocycles. The van der Waals surface area contributed by atoms with Gasteiger partial charge in [0.25, 0.3) is 5.91 Å². The Bertz CT molecular complexity index is 489. The van der Waals surface area contributed by atoms with Gasteiger partial charge in [-0.2, -0.15) is 0 Å². The SMILES string of the molecule is CC1(C(=O)Nc2ccc(NC(=O)C=O)cc2)CC1. The van der Waals surface area contributed by atoms with Crippen molar-refractivity contribution in [2.24, 2.45) is 5.41 Å². The molecule has 1 aliphatic carbocycles. The van der Waals surface area contributed by atoms with E-state index < -0.39 is 5.91 Å². The minimum atomic E-state index is -0.697. The lowest BCUT2D eigenvalue weighted by molar-refractivity contribution is -0.127. The highest BCUT2D eigenvalue weighted by atomic mass is 16.2. The summed E-state index contributed by atoms with van der Waals surface area (Å²) in [5, 5.41) is 5.21. The van der Waals surface area contributed by atoms with Crippen LogP contribution < -0.4 is 10.6 Å². The molecule has 2 N–H and O–H groups in total. The minimum absolute atomic E-state index is 0.0205. The highest BCUT2D eigenvalue weighted by Crippen LogP contribution is 2.45. The molecule has 0 bridgehead atoms. The summed E-state index contributed by atoms with van der Waals surface area (Å²) in [4.78, 5) is 32.8. The van der Waals surface area contributed by atoms with E-state index in [1.165, 1.54) is 0 Å². The first-order valence-electron chi connectivity index (χ1n) is 5.71. The number of hydrogen-bond acceptors (Lipinski definition) is 3. The number of amides is 2. The van der Waals surface area contributed by atoms with Gasteiger partial charge in [0, 0.05) is 16.8 Å². The van der Waals surface area contributed by atoms with Crippen molar-refractivity contribution >= 4 is 29.5 Å². The maximum absolute atomic E-state index is 11.8. The van der Waals surface area contributed by atoms with E-state index in [-0.39, 0.29) is 17.6 Å². The summed E-state index contributed by atoms with van der Waals surface area (Å²) in [6.45, 7) is 1.93. The molecule has 1 aliphatic rings. The summed E-state index contributed by atoms with van der Waals surface area (Å²) in [6.07, 6.45) is 2.06. The first kappa shape index (κ1) is 12.3. The first-order chi connectivity index (χ1) is 8.53. The van der Waals surface area contributed by atoms with Crippen LogP contribution in [0.4, 0.5) is 11.4 Å². The molecular weight excluding hydrogens is 232 g/mol. The van der Waals surface area contributed by atoms with Crippen molar-refractivity contribution in [1.82, 2.24) is 0 Å². The van der Waals surface area contributed by atoms with Crippen LogP contribution in [-0.2, 0) is 14.4 Å². The summed E-state index contributed by atoms with van der Waals surface area (Å²) in [7, 11) is 0. The second kappa shape index (κ2) is 4.60. The Labute approximate surface area is 105 Å². The molecule has 1 fully saturated rings. The Morgan fingerprint density at radius 1 is 1.11 bits per heavy atom. The van der Waals surface area contributed by atoms with Crippen LogP contribution in [0.5, 0.6) is 0 Å². The van der Waals surface area contributed by atoms with E-state index in [1.807, 2.05) is 6.92 Å². The van der Waals surface area contributed by atoms with E-state index in [1.54, 1.807) is 24.3 Å². The maximum atomic E-state index is 11.8. The Morgan fingerprint density at radius 3 is 2.06 bits per heavy atom. The highest BCUT2D eigenvalue weighted by molar-refractivity contribution is 6.29. The average molecular weight is 246 g/mol. The van der Waals surface area contributed by atoms with Crippen LogP contribution in [0, 0.1) is 5.41 Å². The number of rotatable bonds is 4. The standard InChI is InChI=1S/C13H14N2O3/c1-13(6-7-13)12(18)15-10-4-2-9(3-5-10)14-11(17)8-16/h2-5,8H,6-7H2,1H3,(H,14,17)(H,15,18). The number of hydrogen-bond donors (Lipinski definition) is 2. The van der Waals surface area contributed by atoms with Crippen molar-refractivity contribution in [1.29, 1.82) is 0 Å². The van der Waals surface area contributed by atoms with Crippen molar-refractivity contribution in [3.8, 4) is 0 Å². The quantitative estimate of drug-likeness (QED) is 0.625. The van der Waals surface area contributed by atoms with E-state index in [2.05, 4.69) is 10.6 Å². The zero-order valence-electron chi connectivity index (χ0n) is 10.0. The lowest BCUT2D eigenvalue weighted by Gasteiger charge is -2.10. The smallest absolute Gasteiger partial charge is 0.288 e. The van der Waals surface area contributed by atoms with Gasteiger partial charge in [0.05, 0.1) is 0 Å². The second-order valence-corrected chi connectivity index (χ2v) is 4.70. The molecule has 0 radical (unpaired) electrons. The van der Waals surface area contributed by atoms with Crippen molar-refractivity contribution in [2.45, 2.75) is 19.8 Å². The summed E-state index contributed by atoms with van der Waals surface area (Å²) in [5.74, 6) is -0.676. The zero-order chi connectivity index (χ0) is 13.2. The van der Waals surface area contributed by atoms with Crippen LogP contribution in [0.25, 0.3) is 0 Å². The molecule has 2 rings (SSSR count). The normalized spacial score (nSPS) is 15.6. The van der Waals surface area contributed by atoms with E-state index in [0.717, 1.165) is 12.8 Å². The predicted octanol–water partition coefficient (Wildman–Crippen LogP) is 1.56. The van der Waals surface area contributed by atoms with Gasteiger partial charge in [-0.25, -0.2) is 0 Å². The molecule has 2 amide bonds. The summed E-state index contributed by atoms with van der Waals surface area (Å²) in [6, 6.07) is 6.63. The molecule has 5 nitrogen and oxygen atoms in total. The molecule has 18 heavy (non-hydrogen) atoms. The van der Waals surface area contributed by atoms with Crippen molar-refractivity contribution in [2.75, 3.05) is 10.6 Å². The lowest BCUT2D eigenvalue weighted by atomic mass is 10.1. The van der Waals surface area contributed by atoms with Crippen LogP contribution in [0.15, 0.2) is 24.3 Å². The van der Waals surface area contributed by atoms with Gasteiger partial charge in [0.2, 0.25) is 12.2 Å². The van der Waals surface area contributed by atoms with Gasteiger partial charge in [0.1, 0.15) is 0 Å². The summed E-state index contributed by atoms with van der Waals surface area (Å²) < 4.78 is 0. The fourth-order valence-electron chi connectivity index (χ4n) is 1.51. The minimum Gasteiger partial charge on any atom is -0.326 e. The third-order valence-corrected chi connectivity index (χ3v) is 3.07. The zero-order valence-corrected chi connectivity index (χ0v) is 10.0. The van der Waals surface area contributed by atoms with E-state index in [9.17, 15) is 14.4 Å². The monoisotopic (exact) mass is 246 g/mol. The van der Waals surface area contributed by atoms with E-state index >= 15 is 0 Å². The summed E-state index contributed by atoms with van der Waals surface area (Å²) in [5.41, 5.74) is 0.977. The molecule has 5 heteroatoms. The largest absolute Gasteiger partial charge is 0.326 e. The van der Waals surface area contributed by atoms with Gasteiger partial charge in [0.15, 0.2) is 0 Å². The van der Waals surface area contributed by atoms with Gasteiger partial charge in [-0.3, -0.25) is 14.4 Å². The third kappa shape index (κ3) is 2.74. The predicted molar refractivity (Wildman–Crippen MR) is 67.1 cm³/mol. The number of nitrogens with one attached hydrogen (secondary N) is 2. The molecule has 0 saturated heterocycles. The molecule has 0 aliphatic heterocycles. The maximum Gasteiger partial charge on any atom is 0.288 e. The van der Waals surface area contributed by atoms with E-state index in [0.29, 0.717) is 11.4 Å².